The van der Waals surface area contributed by atoms with Crippen LogP contribution in [0.2, 0.25) is 0 Å². The van der Waals surface area contributed by atoms with Gasteiger partial charge in [-0.15, -0.1) is 11.3 Å². The van der Waals surface area contributed by atoms with Gasteiger partial charge in [0.1, 0.15) is 16.9 Å². The Bertz CT molecular complexity index is 891. The maximum atomic E-state index is 14.7. The summed E-state index contributed by atoms with van der Waals surface area (Å²) in [4.78, 5) is 31.7. The number of cyclic esters (lactones) is 1. The summed E-state index contributed by atoms with van der Waals surface area (Å²) in [5.41, 5.74) is 0.501. The third kappa shape index (κ3) is 4.63. The monoisotopic (exact) mass is 422 g/mol. The van der Waals surface area contributed by atoms with E-state index in [1.54, 1.807) is 24.6 Å². The minimum absolute atomic E-state index is 0.0990. The highest BCUT2D eigenvalue weighted by molar-refractivity contribution is 7.80. The molecule has 1 atom stereocenters. The summed E-state index contributed by atoms with van der Waals surface area (Å²) >= 11 is 6.31. The van der Waals surface area contributed by atoms with Crippen LogP contribution in [-0.2, 0) is 16.0 Å². The summed E-state index contributed by atoms with van der Waals surface area (Å²) in [7, 11) is 1.51. The Labute approximate surface area is 171 Å². The maximum Gasteiger partial charge on any atom is 0.414 e. The molecule has 1 N–H and O–H groups in total. The van der Waals surface area contributed by atoms with Crippen LogP contribution in [0.5, 0.6) is 0 Å². The Morgan fingerprint density at radius 1 is 1.54 bits per heavy atom. The zero-order valence-corrected chi connectivity index (χ0v) is 17.0. The topological polar surface area (TPSA) is 74.8 Å². The second-order valence-electron chi connectivity index (χ2n) is 6.24. The van der Waals surface area contributed by atoms with E-state index in [-0.39, 0.29) is 30.7 Å². The molecule has 2 amide bonds. The second kappa shape index (κ2) is 8.61. The molecule has 3 rings (SSSR count). The molecule has 10 heteroatoms. The van der Waals surface area contributed by atoms with Gasteiger partial charge in [-0.05, 0) is 25.1 Å². The summed E-state index contributed by atoms with van der Waals surface area (Å²) < 4.78 is 19.9. The van der Waals surface area contributed by atoms with Gasteiger partial charge in [-0.3, -0.25) is 9.69 Å². The molecule has 1 aromatic carbocycles. The highest BCUT2D eigenvalue weighted by Crippen LogP contribution is 2.28. The number of amides is 2. The molecule has 2 heterocycles. The van der Waals surface area contributed by atoms with E-state index in [0.717, 1.165) is 0 Å². The molecule has 1 saturated heterocycles. The van der Waals surface area contributed by atoms with Crippen LogP contribution in [0.3, 0.4) is 0 Å². The lowest BCUT2D eigenvalue weighted by Gasteiger charge is -2.20. The van der Waals surface area contributed by atoms with E-state index in [1.165, 1.54) is 40.3 Å². The minimum atomic E-state index is -0.600. The van der Waals surface area contributed by atoms with E-state index in [1.807, 2.05) is 0 Å². The van der Waals surface area contributed by atoms with Crippen molar-refractivity contribution in [2.24, 2.45) is 0 Å². The third-order valence-corrected chi connectivity index (χ3v) is 5.14. The average molecular weight is 423 g/mol. The lowest BCUT2D eigenvalue weighted by molar-refractivity contribution is -0.117. The quantitative estimate of drug-likeness (QED) is 0.722. The van der Waals surface area contributed by atoms with E-state index < -0.39 is 11.9 Å². The molecule has 1 aromatic heterocycles. The number of ether oxygens (including phenoxy) is 1. The summed E-state index contributed by atoms with van der Waals surface area (Å²) in [6.07, 6.45) is 0.793. The first-order chi connectivity index (χ1) is 13.3. The lowest BCUT2D eigenvalue weighted by Crippen LogP contribution is -2.32. The SMILES string of the molecule is CC(=S)NC[C@H]1CN(c2ccc(N(C)C(=O)Cc3nccs3)c(F)c2)C(=O)O1. The number of rotatable bonds is 6. The van der Waals surface area contributed by atoms with Gasteiger partial charge in [0, 0.05) is 18.6 Å². The number of likely N-dealkylation sites (N-methyl/N-ethyl adjacent to an activating group) is 1. The molecular weight excluding hydrogens is 403 g/mol. The predicted molar refractivity (Wildman–Crippen MR) is 110 cm³/mol. The predicted octanol–water partition coefficient (Wildman–Crippen LogP) is 2.75. The van der Waals surface area contributed by atoms with Crippen LogP contribution in [-0.4, -0.2) is 48.2 Å². The van der Waals surface area contributed by atoms with Crippen molar-refractivity contribution in [3.8, 4) is 0 Å². The van der Waals surface area contributed by atoms with Crippen LogP contribution in [0.25, 0.3) is 0 Å². The lowest BCUT2D eigenvalue weighted by atomic mass is 10.2. The summed E-state index contributed by atoms with van der Waals surface area (Å²) in [5, 5.41) is 5.40. The standard InChI is InChI=1S/C18H19FN4O3S2/c1-11(27)21-9-13-10-23(18(25)26-13)12-3-4-15(14(19)7-12)22(2)17(24)8-16-20-5-6-28-16/h3-7,13H,8-10H2,1-2H3,(H,21,27)/t13-/m0/s1. The number of thiocarbonyl (C=S) groups is 1. The number of carbonyl (C=O) groups excluding carboxylic acids is 2. The van der Waals surface area contributed by atoms with Gasteiger partial charge in [0.2, 0.25) is 5.91 Å². The van der Waals surface area contributed by atoms with Gasteiger partial charge < -0.3 is 15.0 Å². The number of halogens is 1. The molecule has 0 bridgehead atoms. The molecule has 28 heavy (non-hydrogen) atoms. The minimum Gasteiger partial charge on any atom is -0.442 e. The number of benzene rings is 1. The first-order valence-electron chi connectivity index (χ1n) is 8.52. The van der Waals surface area contributed by atoms with Crippen LogP contribution in [0.1, 0.15) is 11.9 Å². The number of nitrogens with one attached hydrogen (secondary N) is 1. The third-order valence-electron chi connectivity index (χ3n) is 4.22. The number of nitrogens with zero attached hydrogens (tertiary/aromatic N) is 3. The summed E-state index contributed by atoms with van der Waals surface area (Å²) in [6.45, 7) is 2.42. The number of hydrogen-bond donors (Lipinski definition) is 1. The Balaban J connectivity index is 1.69. The molecule has 0 aliphatic carbocycles. The Hall–Kier alpha value is -2.59. The fraction of sp³-hybridized carbons (Fsp3) is 0.333. The highest BCUT2D eigenvalue weighted by atomic mass is 32.1. The molecule has 148 valence electrons. The smallest absolute Gasteiger partial charge is 0.414 e. The van der Waals surface area contributed by atoms with Crippen molar-refractivity contribution in [3.05, 3.63) is 40.6 Å². The van der Waals surface area contributed by atoms with Gasteiger partial charge in [-0.1, -0.05) is 12.2 Å². The van der Waals surface area contributed by atoms with E-state index in [0.29, 0.717) is 22.2 Å². The van der Waals surface area contributed by atoms with Crippen LogP contribution in [0, 0.1) is 5.82 Å². The van der Waals surface area contributed by atoms with Gasteiger partial charge in [-0.25, -0.2) is 14.2 Å². The zero-order chi connectivity index (χ0) is 20.3. The van der Waals surface area contributed by atoms with Crippen LogP contribution >= 0.6 is 23.6 Å². The van der Waals surface area contributed by atoms with Crippen molar-refractivity contribution < 1.29 is 18.7 Å². The fourth-order valence-electron chi connectivity index (χ4n) is 2.75. The molecule has 0 unspecified atom stereocenters. The number of anilines is 2. The van der Waals surface area contributed by atoms with E-state index >= 15 is 0 Å². The van der Waals surface area contributed by atoms with Crippen molar-refractivity contribution in [1.82, 2.24) is 10.3 Å². The van der Waals surface area contributed by atoms with Crippen LogP contribution in [0.4, 0.5) is 20.6 Å². The fourth-order valence-corrected chi connectivity index (χ4v) is 3.45. The number of aromatic nitrogens is 1. The van der Waals surface area contributed by atoms with Gasteiger partial charge in [-0.2, -0.15) is 0 Å². The largest absolute Gasteiger partial charge is 0.442 e. The molecule has 1 aliphatic heterocycles. The summed E-state index contributed by atoms with van der Waals surface area (Å²) in [6, 6.07) is 4.29. The first-order valence-corrected chi connectivity index (χ1v) is 9.81. The van der Waals surface area contributed by atoms with Crippen LogP contribution in [0.15, 0.2) is 29.8 Å². The Morgan fingerprint density at radius 3 is 2.96 bits per heavy atom. The van der Waals surface area contributed by atoms with Crippen molar-refractivity contribution in [3.63, 3.8) is 0 Å². The number of carbonyl (C=O) groups is 2. The van der Waals surface area contributed by atoms with Crippen molar-refractivity contribution in [2.45, 2.75) is 19.4 Å². The van der Waals surface area contributed by atoms with Crippen molar-refractivity contribution in [1.29, 1.82) is 0 Å². The van der Waals surface area contributed by atoms with Gasteiger partial charge in [0.05, 0.1) is 35.9 Å². The maximum absolute atomic E-state index is 14.7. The van der Waals surface area contributed by atoms with Crippen molar-refractivity contribution in [2.75, 3.05) is 29.9 Å². The number of thiazole rings is 1. The van der Waals surface area contributed by atoms with Gasteiger partial charge >= 0.3 is 6.09 Å². The van der Waals surface area contributed by atoms with Crippen molar-refractivity contribution >= 4 is 51.9 Å². The average Bonchev–Trinajstić information content (AvgIpc) is 3.28. The number of hydrogen-bond acceptors (Lipinski definition) is 6. The Kier molecular flexibility index (Phi) is 6.20. The van der Waals surface area contributed by atoms with Crippen LogP contribution < -0.4 is 15.1 Å². The zero-order valence-electron chi connectivity index (χ0n) is 15.3. The molecule has 7 nitrogen and oxygen atoms in total. The first kappa shape index (κ1) is 20.2. The molecule has 1 aliphatic rings. The highest BCUT2D eigenvalue weighted by Gasteiger charge is 2.32. The van der Waals surface area contributed by atoms with E-state index in [9.17, 15) is 14.0 Å². The van der Waals surface area contributed by atoms with Gasteiger partial charge in [0.25, 0.3) is 0 Å². The second-order valence-corrected chi connectivity index (χ2v) is 7.84. The molecule has 1 fully saturated rings. The van der Waals surface area contributed by atoms with Gasteiger partial charge in [0.15, 0.2) is 0 Å². The van der Waals surface area contributed by atoms with E-state index in [2.05, 4.69) is 10.3 Å². The molecule has 2 aromatic rings. The molecule has 0 spiro atoms. The molecular formula is C18H19FN4O3S2. The molecule has 0 radical (unpaired) electrons. The van der Waals surface area contributed by atoms with E-state index in [4.69, 9.17) is 17.0 Å². The summed E-state index contributed by atoms with van der Waals surface area (Å²) in [5.74, 6) is -0.875. The molecule has 0 saturated carbocycles. The Morgan fingerprint density at radius 2 is 2.32 bits per heavy atom. The normalized spacial score (nSPS) is 16.0.